The van der Waals surface area contributed by atoms with Crippen LogP contribution in [-0.2, 0) is 9.59 Å². The van der Waals surface area contributed by atoms with Gasteiger partial charge in [-0.2, -0.15) is 0 Å². The molecule has 1 unspecified atom stereocenters. The summed E-state index contributed by atoms with van der Waals surface area (Å²) in [5.41, 5.74) is 10.6. The van der Waals surface area contributed by atoms with Crippen LogP contribution < -0.4 is 16.0 Å². The van der Waals surface area contributed by atoms with E-state index in [9.17, 15) is 24.3 Å². The average Bonchev–Trinajstić information content (AvgIpc) is 3.39. The largest absolute Gasteiger partial charge is 0.507 e. The molecule has 4 N–H and O–H groups in total. The summed E-state index contributed by atoms with van der Waals surface area (Å²) in [6.07, 6.45) is 3.80. The molecule has 12 nitrogen and oxygen atoms in total. The van der Waals surface area contributed by atoms with Crippen LogP contribution in [0.3, 0.4) is 0 Å². The number of anilines is 2. The summed E-state index contributed by atoms with van der Waals surface area (Å²) in [6.45, 7) is 3.14. The summed E-state index contributed by atoms with van der Waals surface area (Å²) in [7, 11) is 0. The van der Waals surface area contributed by atoms with Gasteiger partial charge in [-0.15, -0.1) is 10.2 Å². The van der Waals surface area contributed by atoms with Gasteiger partial charge in [-0.25, -0.2) is 4.39 Å². The van der Waals surface area contributed by atoms with E-state index in [1.54, 1.807) is 18.2 Å². The molecule has 1 atom stereocenters. The maximum absolute atomic E-state index is 15.4. The molecule has 4 amide bonds. The van der Waals surface area contributed by atoms with Crippen LogP contribution in [-0.4, -0.2) is 87.0 Å². The molecule has 5 heterocycles. The predicted octanol–water partition coefficient (Wildman–Crippen LogP) is 4.49. The fraction of sp³-hybridized carbons (Fsp3) is 0.333. The number of carbonyl (C=O) groups excluding carboxylic acids is 4. The van der Waals surface area contributed by atoms with Crippen molar-refractivity contribution in [2.24, 2.45) is 0 Å². The molecular weight excluding hydrogens is 665 g/mol. The van der Waals surface area contributed by atoms with Gasteiger partial charge in [-0.3, -0.25) is 29.4 Å². The molecule has 0 saturated carbocycles. The number of para-hydroxylation sites is 1. The minimum atomic E-state index is -1.09. The lowest BCUT2D eigenvalue weighted by molar-refractivity contribution is -0.136. The minimum Gasteiger partial charge on any atom is -0.507 e. The first-order valence-corrected chi connectivity index (χ1v) is 17.7. The molecule has 3 saturated heterocycles. The van der Waals surface area contributed by atoms with Gasteiger partial charge in [0.1, 0.15) is 17.6 Å². The number of imide groups is 2. The molecule has 13 heteroatoms. The van der Waals surface area contributed by atoms with Crippen molar-refractivity contribution in [1.29, 1.82) is 0 Å². The molecule has 8 rings (SSSR count). The van der Waals surface area contributed by atoms with E-state index in [0.717, 1.165) is 60.9 Å². The Bertz CT molecular complexity index is 2090. The van der Waals surface area contributed by atoms with Crippen LogP contribution in [0.25, 0.3) is 22.4 Å². The van der Waals surface area contributed by atoms with Crippen molar-refractivity contribution >= 4 is 35.1 Å². The first kappa shape index (κ1) is 33.5. The van der Waals surface area contributed by atoms with E-state index in [2.05, 4.69) is 44.7 Å². The fourth-order valence-corrected chi connectivity index (χ4v) is 8.18. The van der Waals surface area contributed by atoms with Crippen LogP contribution in [0.1, 0.15) is 70.7 Å². The first-order chi connectivity index (χ1) is 25.2. The van der Waals surface area contributed by atoms with Crippen molar-refractivity contribution in [1.82, 2.24) is 25.3 Å². The van der Waals surface area contributed by atoms with Crippen LogP contribution in [0.2, 0.25) is 0 Å². The normalized spacial score (nSPS) is 20.4. The topological polar surface area (TPSA) is 162 Å². The third-order valence-corrected chi connectivity index (χ3v) is 11.1. The standard InChI is InChI=1S/C39H38FN7O5/c40-30-19-28-29(39(52)47(38(28)51)32-9-10-35(49)42-37(32)50)21-33(30)46-17-13-25(14-18-46)45-15-11-23(12-16-45)22-5-7-24(8-6-22)27-20-31(43-44-36(27)41)26-3-1-2-4-34(26)48/h1-8,19-21,23,25,32,48H,9-18H2,(H2,41,44)(H,42,49,50). The van der Waals surface area contributed by atoms with Gasteiger partial charge in [-0.05, 0) is 92.6 Å². The molecule has 0 bridgehead atoms. The molecule has 3 aromatic carbocycles. The quantitative estimate of drug-likeness (QED) is 0.244. The molecule has 3 fully saturated rings. The van der Waals surface area contributed by atoms with Crippen LogP contribution >= 0.6 is 0 Å². The summed E-state index contributed by atoms with van der Waals surface area (Å²) in [5, 5.41) is 20.8. The SMILES string of the molecule is Nc1nnc(-c2ccccc2O)cc1-c1ccc(C2CCN(C3CCN(c4cc5c(cc4F)C(=O)N(C4CCC(=O)NC4=O)C5=O)CC3)CC2)cc1. The van der Waals surface area contributed by atoms with Crippen molar-refractivity contribution in [3.63, 3.8) is 0 Å². The molecule has 1 aromatic heterocycles. The third-order valence-electron chi connectivity index (χ3n) is 11.1. The second kappa shape index (κ2) is 13.5. The molecule has 4 aliphatic rings. The van der Waals surface area contributed by atoms with Crippen LogP contribution in [0.15, 0.2) is 66.7 Å². The van der Waals surface area contributed by atoms with E-state index >= 15 is 4.39 Å². The maximum atomic E-state index is 15.4. The highest BCUT2D eigenvalue weighted by Crippen LogP contribution is 2.37. The Kier molecular flexibility index (Phi) is 8.66. The number of hydrogen-bond donors (Lipinski definition) is 3. The van der Waals surface area contributed by atoms with E-state index < -0.39 is 35.5 Å². The van der Waals surface area contributed by atoms with Gasteiger partial charge in [0.2, 0.25) is 11.8 Å². The number of rotatable bonds is 6. The van der Waals surface area contributed by atoms with Gasteiger partial charge in [-0.1, -0.05) is 36.4 Å². The molecule has 52 heavy (non-hydrogen) atoms. The van der Waals surface area contributed by atoms with E-state index in [4.69, 9.17) is 5.73 Å². The second-order valence-electron chi connectivity index (χ2n) is 14.0. The highest BCUT2D eigenvalue weighted by atomic mass is 19.1. The summed E-state index contributed by atoms with van der Waals surface area (Å²) in [5.74, 6) is -2.19. The molecule has 0 aliphatic carbocycles. The molecule has 4 aliphatic heterocycles. The molecule has 266 valence electrons. The van der Waals surface area contributed by atoms with Gasteiger partial charge in [0, 0.05) is 36.7 Å². The number of phenolic OH excluding ortho intramolecular Hbond substituents is 1. The number of benzene rings is 3. The zero-order chi connectivity index (χ0) is 36.1. The van der Waals surface area contributed by atoms with Gasteiger partial charge in [0.15, 0.2) is 5.82 Å². The summed E-state index contributed by atoms with van der Waals surface area (Å²) < 4.78 is 15.4. The Hall–Kier alpha value is -5.69. The number of nitrogen functional groups attached to an aromatic ring is 1. The minimum absolute atomic E-state index is 0.0224. The number of fused-ring (bicyclic) bond motifs is 1. The Morgan fingerprint density at radius 3 is 2.15 bits per heavy atom. The highest BCUT2D eigenvalue weighted by molar-refractivity contribution is 6.23. The Morgan fingerprint density at radius 2 is 1.46 bits per heavy atom. The lowest BCUT2D eigenvalue weighted by Crippen LogP contribution is -2.54. The second-order valence-corrected chi connectivity index (χ2v) is 14.0. The first-order valence-electron chi connectivity index (χ1n) is 17.7. The van der Waals surface area contributed by atoms with E-state index in [1.165, 1.54) is 11.6 Å². The van der Waals surface area contributed by atoms with Gasteiger partial charge in [0.05, 0.1) is 22.5 Å². The van der Waals surface area contributed by atoms with Gasteiger partial charge >= 0.3 is 0 Å². The maximum Gasteiger partial charge on any atom is 0.262 e. The zero-order valence-corrected chi connectivity index (χ0v) is 28.4. The van der Waals surface area contributed by atoms with Crippen LogP contribution in [0, 0.1) is 5.82 Å². The zero-order valence-electron chi connectivity index (χ0n) is 28.4. The van der Waals surface area contributed by atoms with E-state index in [1.807, 2.05) is 17.0 Å². The molecule has 0 spiro atoms. The third kappa shape index (κ3) is 6.04. The monoisotopic (exact) mass is 703 g/mol. The number of amides is 4. The number of carbonyl (C=O) groups is 4. The van der Waals surface area contributed by atoms with Crippen LogP contribution in [0.5, 0.6) is 5.75 Å². The van der Waals surface area contributed by atoms with Gasteiger partial charge in [0.25, 0.3) is 11.8 Å². The van der Waals surface area contributed by atoms with Crippen molar-refractivity contribution in [3.8, 4) is 28.1 Å². The predicted molar refractivity (Wildman–Crippen MR) is 191 cm³/mol. The van der Waals surface area contributed by atoms with Crippen molar-refractivity contribution < 1.29 is 28.7 Å². The lowest BCUT2D eigenvalue weighted by Gasteiger charge is -2.42. The number of hydrogen-bond acceptors (Lipinski definition) is 10. The Morgan fingerprint density at radius 1 is 0.769 bits per heavy atom. The summed E-state index contributed by atoms with van der Waals surface area (Å²) in [4.78, 5) is 55.7. The van der Waals surface area contributed by atoms with Crippen molar-refractivity contribution in [2.75, 3.05) is 36.8 Å². The van der Waals surface area contributed by atoms with Crippen molar-refractivity contribution in [3.05, 3.63) is 89.2 Å². The van der Waals surface area contributed by atoms with Crippen LogP contribution in [0.4, 0.5) is 15.9 Å². The number of aromatic hydroxyl groups is 1. The number of halogens is 1. The number of phenols is 1. The molecular formula is C39H38FN7O5. The van der Waals surface area contributed by atoms with E-state index in [0.29, 0.717) is 42.1 Å². The Labute approximate surface area is 299 Å². The number of piperidine rings is 3. The van der Waals surface area contributed by atoms with Gasteiger partial charge < -0.3 is 20.6 Å². The lowest BCUT2D eigenvalue weighted by atomic mass is 9.87. The number of aromatic nitrogens is 2. The summed E-state index contributed by atoms with van der Waals surface area (Å²) in [6, 6.07) is 19.1. The molecule has 4 aromatic rings. The smallest absolute Gasteiger partial charge is 0.262 e. The van der Waals surface area contributed by atoms with E-state index in [-0.39, 0.29) is 35.4 Å². The fourth-order valence-electron chi connectivity index (χ4n) is 8.18. The average molecular weight is 704 g/mol. The summed E-state index contributed by atoms with van der Waals surface area (Å²) >= 11 is 0. The Balaban J connectivity index is 0.874. The number of nitrogens with zero attached hydrogens (tertiary/aromatic N) is 5. The van der Waals surface area contributed by atoms with Crippen molar-refractivity contribution in [2.45, 2.75) is 56.5 Å². The number of nitrogens with two attached hydrogens (primary N) is 1. The molecule has 0 radical (unpaired) electrons. The number of likely N-dealkylation sites (tertiary alicyclic amines) is 1. The highest BCUT2D eigenvalue weighted by Gasteiger charge is 2.45. The number of nitrogens with one attached hydrogen (secondary N) is 1.